The van der Waals surface area contributed by atoms with Gasteiger partial charge in [-0.25, -0.2) is 0 Å². The summed E-state index contributed by atoms with van der Waals surface area (Å²) in [5, 5.41) is 0. The van der Waals surface area contributed by atoms with Gasteiger partial charge in [-0.3, -0.25) is 0 Å². The fourth-order valence-corrected chi connectivity index (χ4v) is 7.25. The molecule has 1 atom stereocenters. The van der Waals surface area contributed by atoms with E-state index in [0.717, 1.165) is 0 Å². The lowest BCUT2D eigenvalue weighted by molar-refractivity contribution is 0.135. The van der Waals surface area contributed by atoms with Crippen LogP contribution in [-0.2, 0) is 0 Å². The molecular weight excluding hydrogens is 532 g/mol. The maximum absolute atomic E-state index is 2.72. The Bertz CT molecular complexity index is 572. The summed E-state index contributed by atoms with van der Waals surface area (Å²) in [5.41, 5.74) is 0. The minimum absolute atomic E-state index is 0.639. The molecule has 2 heteroatoms. The molecule has 0 N–H and O–H groups in total. The predicted molar refractivity (Wildman–Crippen MR) is 200 cm³/mol. The number of unbranched alkanes of at least 4 members (excludes halogenated alkanes) is 30. The number of nitrogens with zero attached hydrogens (tertiary/aromatic N) is 2. The first-order valence-electron chi connectivity index (χ1n) is 21.0. The van der Waals surface area contributed by atoms with Gasteiger partial charge in [-0.2, -0.15) is 0 Å². The molecule has 1 heterocycles. The fourth-order valence-electron chi connectivity index (χ4n) is 7.25. The molecule has 0 saturated carbocycles. The molecule has 0 spiro atoms. The van der Waals surface area contributed by atoms with Gasteiger partial charge in [0.05, 0.1) is 0 Å². The molecule has 44 heavy (non-hydrogen) atoms. The third-order valence-electron chi connectivity index (χ3n) is 10.3. The first kappa shape index (κ1) is 41.4. The van der Waals surface area contributed by atoms with Crippen molar-refractivity contribution < 1.29 is 0 Å². The normalized spacial score (nSPS) is 14.8. The maximum atomic E-state index is 2.72. The monoisotopic (exact) mass is 617 g/mol. The molecule has 1 aliphatic rings. The standard InChI is InChI=1S/C42H84N2/c1-4-7-10-13-16-19-22-23-25-28-31-34-37-42-43(38-35-32-29-26-21-18-15-12-9-6-3)40-41-44(42)39-36-33-30-27-24-20-17-14-11-8-5-2/h40-42H,4-39H2,1-3H3. The molecule has 262 valence electrons. The van der Waals surface area contributed by atoms with E-state index in [2.05, 4.69) is 43.0 Å². The van der Waals surface area contributed by atoms with Crippen LogP contribution in [0.3, 0.4) is 0 Å². The second-order valence-corrected chi connectivity index (χ2v) is 14.6. The maximum Gasteiger partial charge on any atom is 0.101 e. The average Bonchev–Trinajstić information content (AvgIpc) is 3.42. The second kappa shape index (κ2) is 33.7. The van der Waals surface area contributed by atoms with Crippen LogP contribution in [0.5, 0.6) is 0 Å². The van der Waals surface area contributed by atoms with Gasteiger partial charge >= 0.3 is 0 Å². The van der Waals surface area contributed by atoms with E-state index < -0.39 is 0 Å². The van der Waals surface area contributed by atoms with Crippen molar-refractivity contribution in [2.45, 2.75) is 245 Å². The summed E-state index contributed by atoms with van der Waals surface area (Å²) in [4.78, 5) is 5.45. The van der Waals surface area contributed by atoms with Crippen LogP contribution >= 0.6 is 0 Å². The van der Waals surface area contributed by atoms with E-state index in [-0.39, 0.29) is 0 Å². The molecule has 0 amide bonds. The van der Waals surface area contributed by atoms with Crippen LogP contribution in [-0.4, -0.2) is 29.1 Å². The van der Waals surface area contributed by atoms with Gasteiger partial charge in [0.2, 0.25) is 0 Å². The second-order valence-electron chi connectivity index (χ2n) is 14.6. The van der Waals surface area contributed by atoms with Crippen molar-refractivity contribution in [2.24, 2.45) is 0 Å². The van der Waals surface area contributed by atoms with Crippen molar-refractivity contribution in [1.82, 2.24) is 9.80 Å². The summed E-state index contributed by atoms with van der Waals surface area (Å²) < 4.78 is 0. The van der Waals surface area contributed by atoms with E-state index >= 15 is 0 Å². The lowest BCUT2D eigenvalue weighted by Gasteiger charge is -2.33. The SMILES string of the molecule is CCCCCCCCCCCCCCC1N(CCCCCCCCCCCC)C=CN1CCCCCCCCCCCCC. The van der Waals surface area contributed by atoms with Gasteiger partial charge in [0.1, 0.15) is 6.17 Å². The molecule has 0 aromatic rings. The molecule has 0 aromatic carbocycles. The highest BCUT2D eigenvalue weighted by Crippen LogP contribution is 2.24. The Morgan fingerprint density at radius 3 is 0.795 bits per heavy atom. The third-order valence-corrected chi connectivity index (χ3v) is 10.3. The molecule has 0 saturated heterocycles. The Morgan fingerprint density at radius 2 is 0.523 bits per heavy atom. The Hall–Kier alpha value is -0.660. The number of hydrogen-bond donors (Lipinski definition) is 0. The third kappa shape index (κ3) is 25.5. The summed E-state index contributed by atoms with van der Waals surface area (Å²) in [5.74, 6) is 0. The Balaban J connectivity index is 2.23. The van der Waals surface area contributed by atoms with E-state index in [4.69, 9.17) is 0 Å². The van der Waals surface area contributed by atoms with Crippen molar-refractivity contribution >= 4 is 0 Å². The minimum atomic E-state index is 0.639. The predicted octanol–water partition coefficient (Wildman–Crippen LogP) is 14.7. The van der Waals surface area contributed by atoms with E-state index in [0.29, 0.717) is 6.17 Å². The molecule has 1 aliphatic heterocycles. The van der Waals surface area contributed by atoms with Gasteiger partial charge in [-0.05, 0) is 25.7 Å². The summed E-state index contributed by atoms with van der Waals surface area (Å²) in [6, 6.07) is 0. The first-order valence-corrected chi connectivity index (χ1v) is 21.0. The van der Waals surface area contributed by atoms with Crippen LogP contribution < -0.4 is 0 Å². The average molecular weight is 617 g/mol. The van der Waals surface area contributed by atoms with Gasteiger partial charge in [-0.15, -0.1) is 0 Å². The molecule has 0 bridgehead atoms. The molecule has 2 nitrogen and oxygen atoms in total. The first-order chi connectivity index (χ1) is 21.8. The minimum Gasteiger partial charge on any atom is -0.356 e. The van der Waals surface area contributed by atoms with Crippen molar-refractivity contribution in [3.63, 3.8) is 0 Å². The van der Waals surface area contributed by atoms with Gasteiger partial charge in [0.15, 0.2) is 0 Å². The Morgan fingerprint density at radius 1 is 0.295 bits per heavy atom. The summed E-state index contributed by atoms with van der Waals surface area (Å²) in [6.45, 7) is 9.48. The van der Waals surface area contributed by atoms with Crippen LogP contribution in [0.1, 0.15) is 239 Å². The lowest BCUT2D eigenvalue weighted by Crippen LogP contribution is -2.39. The zero-order valence-electron chi connectivity index (χ0n) is 31.1. The smallest absolute Gasteiger partial charge is 0.101 e. The van der Waals surface area contributed by atoms with Gasteiger partial charge in [0.25, 0.3) is 0 Å². The number of rotatable bonds is 36. The van der Waals surface area contributed by atoms with Gasteiger partial charge in [0, 0.05) is 25.5 Å². The highest BCUT2D eigenvalue weighted by atomic mass is 15.4. The van der Waals surface area contributed by atoms with Crippen LogP contribution in [0.2, 0.25) is 0 Å². The molecule has 1 rings (SSSR count). The van der Waals surface area contributed by atoms with E-state index in [9.17, 15) is 0 Å². The van der Waals surface area contributed by atoms with Gasteiger partial charge < -0.3 is 9.80 Å². The van der Waals surface area contributed by atoms with Crippen LogP contribution in [0.25, 0.3) is 0 Å². The topological polar surface area (TPSA) is 6.48 Å². The lowest BCUT2D eigenvalue weighted by atomic mass is 10.0. The number of hydrogen-bond acceptors (Lipinski definition) is 2. The van der Waals surface area contributed by atoms with Crippen LogP contribution in [0.15, 0.2) is 12.4 Å². The Kier molecular flexibility index (Phi) is 31.7. The van der Waals surface area contributed by atoms with Crippen molar-refractivity contribution in [1.29, 1.82) is 0 Å². The molecule has 0 aliphatic carbocycles. The van der Waals surface area contributed by atoms with Crippen LogP contribution in [0, 0.1) is 0 Å². The van der Waals surface area contributed by atoms with E-state index in [1.165, 1.54) is 231 Å². The summed E-state index contributed by atoms with van der Waals surface area (Å²) in [6.07, 6.45) is 54.4. The summed E-state index contributed by atoms with van der Waals surface area (Å²) >= 11 is 0. The quantitative estimate of drug-likeness (QED) is 0.0646. The fraction of sp³-hybridized carbons (Fsp3) is 0.952. The highest BCUT2D eigenvalue weighted by molar-refractivity contribution is 4.97. The highest BCUT2D eigenvalue weighted by Gasteiger charge is 2.24. The molecule has 1 unspecified atom stereocenters. The zero-order valence-corrected chi connectivity index (χ0v) is 31.1. The van der Waals surface area contributed by atoms with Gasteiger partial charge in [-0.1, -0.05) is 213 Å². The van der Waals surface area contributed by atoms with Crippen molar-refractivity contribution in [2.75, 3.05) is 13.1 Å². The largest absolute Gasteiger partial charge is 0.356 e. The zero-order chi connectivity index (χ0) is 31.6. The molecule has 0 radical (unpaired) electrons. The van der Waals surface area contributed by atoms with Crippen molar-refractivity contribution in [3.05, 3.63) is 12.4 Å². The summed E-state index contributed by atoms with van der Waals surface area (Å²) in [7, 11) is 0. The van der Waals surface area contributed by atoms with E-state index in [1.807, 2.05) is 0 Å². The molecule has 0 aromatic heterocycles. The van der Waals surface area contributed by atoms with Crippen molar-refractivity contribution in [3.8, 4) is 0 Å². The Labute approximate surface area is 280 Å². The van der Waals surface area contributed by atoms with E-state index in [1.54, 1.807) is 0 Å². The van der Waals surface area contributed by atoms with Crippen LogP contribution in [0.4, 0.5) is 0 Å². The molecular formula is C42H84N2. The molecule has 0 fully saturated rings.